The van der Waals surface area contributed by atoms with E-state index in [-0.39, 0.29) is 17.4 Å². The highest BCUT2D eigenvalue weighted by atomic mass is 16.6. The Kier molecular flexibility index (Phi) is 15.9. The molecule has 0 radical (unpaired) electrons. The molecule has 288 valence electrons. The van der Waals surface area contributed by atoms with Gasteiger partial charge in [-0.1, -0.05) is 65.5 Å². The number of amides is 2. The minimum Gasteiger partial charge on any atom is -0.446 e. The first-order chi connectivity index (χ1) is 24.0. The minimum absolute atomic E-state index is 0.175. The normalized spacial score (nSPS) is 31.6. The Morgan fingerprint density at radius 1 is 0.940 bits per heavy atom. The molecule has 9 heteroatoms. The smallest absolute Gasteiger partial charge is 0.408 e. The molecular weight excluding hydrogens is 626 g/mol. The van der Waals surface area contributed by atoms with Crippen LogP contribution in [0.1, 0.15) is 131 Å². The molecule has 0 aromatic rings. The zero-order valence-electron chi connectivity index (χ0n) is 32.5. The maximum atomic E-state index is 13.4. The Hall–Kier alpha value is -1.68. The van der Waals surface area contributed by atoms with E-state index >= 15 is 0 Å². The number of allylic oxidation sites excluding steroid dienone is 1. The van der Waals surface area contributed by atoms with Gasteiger partial charge in [0.25, 0.3) is 0 Å². The van der Waals surface area contributed by atoms with Crippen LogP contribution in [-0.4, -0.2) is 80.0 Å². The van der Waals surface area contributed by atoms with Crippen LogP contribution in [0.25, 0.3) is 0 Å². The van der Waals surface area contributed by atoms with Gasteiger partial charge >= 0.3 is 6.09 Å². The van der Waals surface area contributed by atoms with E-state index in [1.54, 1.807) is 4.90 Å². The summed E-state index contributed by atoms with van der Waals surface area (Å²) < 4.78 is 5.97. The molecular formula is C41H75N5O4. The molecule has 4 aliphatic carbocycles. The summed E-state index contributed by atoms with van der Waals surface area (Å²) in [7, 11) is 0. The summed E-state index contributed by atoms with van der Waals surface area (Å²) in [4.78, 5) is 28.3. The highest BCUT2D eigenvalue weighted by Gasteiger charge is 2.59. The van der Waals surface area contributed by atoms with Crippen LogP contribution in [0.15, 0.2) is 11.6 Å². The molecule has 7 N–H and O–H groups in total. The number of carbonyl (C=O) groups excluding carboxylic acids is 2. The first kappa shape index (κ1) is 41.1. The number of aliphatic hydroxyl groups excluding tert-OH is 1. The maximum absolute atomic E-state index is 13.4. The van der Waals surface area contributed by atoms with Crippen molar-refractivity contribution >= 4 is 12.0 Å². The number of unbranched alkanes of at least 4 members (excludes halogenated alkanes) is 1. The third-order valence-electron chi connectivity index (χ3n) is 13.8. The van der Waals surface area contributed by atoms with Crippen molar-refractivity contribution in [2.24, 2.45) is 57.8 Å². The number of aliphatic hydroxyl groups is 1. The number of nitrogens with zero attached hydrogens (tertiary/aromatic N) is 1. The number of carbonyl (C=O) groups is 2. The van der Waals surface area contributed by atoms with Crippen LogP contribution in [0.5, 0.6) is 0 Å². The minimum atomic E-state index is -1.03. The maximum Gasteiger partial charge on any atom is 0.408 e. The molecule has 0 bridgehead atoms. The molecule has 0 heterocycles. The lowest BCUT2D eigenvalue weighted by molar-refractivity contribution is -0.134. The molecule has 9 unspecified atom stereocenters. The van der Waals surface area contributed by atoms with Crippen LogP contribution in [-0.2, 0) is 9.53 Å². The van der Waals surface area contributed by atoms with Crippen LogP contribution >= 0.6 is 0 Å². The molecule has 0 aromatic heterocycles. The van der Waals surface area contributed by atoms with Gasteiger partial charge in [0.1, 0.15) is 12.1 Å². The lowest BCUT2D eigenvalue weighted by atomic mass is 9.47. The predicted molar refractivity (Wildman–Crippen MR) is 203 cm³/mol. The fraction of sp³-hybridized carbons (Fsp3) is 0.902. The Labute approximate surface area is 304 Å². The van der Waals surface area contributed by atoms with Gasteiger partial charge in [0.05, 0.1) is 6.61 Å². The second kappa shape index (κ2) is 19.4. The van der Waals surface area contributed by atoms with Crippen LogP contribution in [0.4, 0.5) is 4.79 Å². The Morgan fingerprint density at radius 3 is 2.40 bits per heavy atom. The zero-order chi connectivity index (χ0) is 36.3. The monoisotopic (exact) mass is 702 g/mol. The predicted octanol–water partition coefficient (Wildman–Crippen LogP) is 6.38. The van der Waals surface area contributed by atoms with E-state index in [9.17, 15) is 14.7 Å². The molecule has 3 fully saturated rings. The number of ether oxygens (including phenoxy) is 1. The van der Waals surface area contributed by atoms with Gasteiger partial charge in [0, 0.05) is 19.5 Å². The number of nitrogens with two attached hydrogens (primary N) is 2. The first-order valence-corrected chi connectivity index (χ1v) is 20.7. The van der Waals surface area contributed by atoms with Crippen molar-refractivity contribution < 1.29 is 19.4 Å². The third kappa shape index (κ3) is 10.0. The molecule has 0 aromatic carbocycles. The van der Waals surface area contributed by atoms with Crippen molar-refractivity contribution in [3.8, 4) is 0 Å². The average Bonchev–Trinajstić information content (AvgIpc) is 3.45. The second-order valence-corrected chi connectivity index (χ2v) is 17.5. The van der Waals surface area contributed by atoms with Crippen molar-refractivity contribution in [3.05, 3.63) is 11.6 Å². The van der Waals surface area contributed by atoms with Gasteiger partial charge in [-0.15, -0.1) is 0 Å². The average molecular weight is 702 g/mol. The zero-order valence-corrected chi connectivity index (χ0v) is 32.5. The highest BCUT2D eigenvalue weighted by molar-refractivity contribution is 5.85. The number of alkyl carbamates (subject to hydrolysis) is 1. The van der Waals surface area contributed by atoms with E-state index < -0.39 is 18.7 Å². The van der Waals surface area contributed by atoms with E-state index in [0.29, 0.717) is 43.9 Å². The highest BCUT2D eigenvalue weighted by Crippen LogP contribution is 2.67. The van der Waals surface area contributed by atoms with Crippen LogP contribution in [0, 0.1) is 46.3 Å². The summed E-state index contributed by atoms with van der Waals surface area (Å²) in [6.07, 6.45) is 18.4. The fourth-order valence-electron chi connectivity index (χ4n) is 11.0. The largest absolute Gasteiger partial charge is 0.446 e. The van der Waals surface area contributed by atoms with Crippen LogP contribution < -0.4 is 22.1 Å². The van der Waals surface area contributed by atoms with Gasteiger partial charge in [-0.3, -0.25) is 4.79 Å². The van der Waals surface area contributed by atoms with E-state index in [0.717, 1.165) is 87.6 Å². The van der Waals surface area contributed by atoms with Crippen LogP contribution in [0.2, 0.25) is 0 Å². The van der Waals surface area contributed by atoms with Gasteiger partial charge in [-0.2, -0.15) is 0 Å². The molecule has 3 saturated carbocycles. The van der Waals surface area contributed by atoms with Gasteiger partial charge < -0.3 is 36.8 Å². The van der Waals surface area contributed by atoms with Crippen molar-refractivity contribution in [1.29, 1.82) is 0 Å². The molecule has 4 aliphatic rings. The fourth-order valence-corrected chi connectivity index (χ4v) is 11.0. The standard InChI is InChI=1S/C41H75N5O4/c1-29(2)11-8-12-30(3)34-15-16-35-33-14-13-31-27-32(17-19-40(31,4)36(33)18-20-41(34,35)5)50-39(49)45-37(28-47)38(48)46(26-10-22-43)25-7-6-23-44-24-9-21-42/h13,29-30,32-37,44,47H,6-12,14-28,42-43H2,1-5H3,(H,45,49). The molecule has 9 atom stereocenters. The van der Waals surface area contributed by atoms with Gasteiger partial charge in [-0.25, -0.2) is 4.79 Å². The van der Waals surface area contributed by atoms with Gasteiger partial charge in [0.15, 0.2) is 0 Å². The molecule has 2 amide bonds. The van der Waals surface area contributed by atoms with Crippen molar-refractivity contribution in [3.63, 3.8) is 0 Å². The van der Waals surface area contributed by atoms with Crippen molar-refractivity contribution in [2.45, 2.75) is 143 Å². The molecule has 4 rings (SSSR count). The topological polar surface area (TPSA) is 143 Å². The summed E-state index contributed by atoms with van der Waals surface area (Å²) in [5.74, 6) is 4.49. The van der Waals surface area contributed by atoms with Gasteiger partial charge in [-0.05, 0) is 143 Å². The van der Waals surface area contributed by atoms with E-state index in [1.807, 2.05) is 0 Å². The Bertz CT molecular complexity index is 1100. The molecule has 50 heavy (non-hydrogen) atoms. The van der Waals surface area contributed by atoms with Crippen LogP contribution in [0.3, 0.4) is 0 Å². The number of fused-ring (bicyclic) bond motifs is 5. The molecule has 0 aliphatic heterocycles. The summed E-state index contributed by atoms with van der Waals surface area (Å²) >= 11 is 0. The second-order valence-electron chi connectivity index (χ2n) is 17.5. The quantitative estimate of drug-likeness (QED) is 0.0733. The summed E-state index contributed by atoms with van der Waals surface area (Å²) in [6, 6.07) is -1.03. The molecule has 0 spiro atoms. The van der Waals surface area contributed by atoms with E-state index in [4.69, 9.17) is 16.2 Å². The Balaban J connectivity index is 1.30. The number of nitrogens with one attached hydrogen (secondary N) is 2. The molecule has 9 nitrogen and oxygen atoms in total. The lowest BCUT2D eigenvalue weighted by Gasteiger charge is -2.58. The first-order valence-electron chi connectivity index (χ1n) is 20.7. The summed E-state index contributed by atoms with van der Waals surface area (Å²) in [5, 5.41) is 16.2. The van der Waals surface area contributed by atoms with E-state index in [2.05, 4.69) is 51.3 Å². The number of hydrogen-bond acceptors (Lipinski definition) is 7. The van der Waals surface area contributed by atoms with Crippen molar-refractivity contribution in [2.75, 3.05) is 45.9 Å². The summed E-state index contributed by atoms with van der Waals surface area (Å²) in [5.41, 5.74) is 13.4. The van der Waals surface area contributed by atoms with Crippen molar-refractivity contribution in [1.82, 2.24) is 15.5 Å². The Morgan fingerprint density at radius 2 is 1.68 bits per heavy atom. The molecule has 0 saturated heterocycles. The third-order valence-corrected chi connectivity index (χ3v) is 13.8. The van der Waals surface area contributed by atoms with E-state index in [1.165, 1.54) is 50.5 Å². The lowest BCUT2D eigenvalue weighted by Crippen LogP contribution is -2.52. The number of rotatable bonds is 20. The summed E-state index contributed by atoms with van der Waals surface area (Å²) in [6.45, 7) is 15.9. The SMILES string of the molecule is CC(C)CCCC(C)C1CCC2C3CC=C4CC(OC(=O)NC(CO)C(=O)N(CCCN)CCCCNCCCN)CCC4(C)C3CCC12C. The number of hydrogen-bond donors (Lipinski definition) is 5. The van der Waals surface area contributed by atoms with Gasteiger partial charge in [0.2, 0.25) is 5.91 Å².